The lowest BCUT2D eigenvalue weighted by Crippen LogP contribution is -2.57. The zero-order valence-corrected chi connectivity index (χ0v) is 11.7. The largest absolute Gasteiger partial charge is 0.481 e. The summed E-state index contributed by atoms with van der Waals surface area (Å²) in [7, 11) is 0. The standard InChI is InChI=1S/C12H18N2O3S/c1-11(2,9(15)16)12(3,4)14-10(17)13-8-5-6-18-7-8/h5-7H,1-4H3,(H,15,16)(H2,13,14,17). The number of nitrogens with one attached hydrogen (secondary N) is 2. The van der Waals surface area contributed by atoms with Crippen molar-refractivity contribution >= 4 is 29.0 Å². The first-order valence-electron chi connectivity index (χ1n) is 5.51. The van der Waals surface area contributed by atoms with Crippen molar-refractivity contribution in [3.63, 3.8) is 0 Å². The summed E-state index contributed by atoms with van der Waals surface area (Å²) in [6, 6.07) is 1.37. The predicted molar refractivity (Wildman–Crippen MR) is 72.0 cm³/mol. The van der Waals surface area contributed by atoms with Gasteiger partial charge in [0.15, 0.2) is 0 Å². The maximum absolute atomic E-state index is 11.8. The van der Waals surface area contributed by atoms with Gasteiger partial charge in [0.05, 0.1) is 16.6 Å². The van der Waals surface area contributed by atoms with Gasteiger partial charge in [0.25, 0.3) is 0 Å². The van der Waals surface area contributed by atoms with Gasteiger partial charge in [0, 0.05) is 5.38 Å². The van der Waals surface area contributed by atoms with Gasteiger partial charge in [0.1, 0.15) is 0 Å². The van der Waals surface area contributed by atoms with Crippen LogP contribution in [0.2, 0.25) is 0 Å². The summed E-state index contributed by atoms with van der Waals surface area (Å²) in [5.41, 5.74) is -1.25. The molecule has 0 radical (unpaired) electrons. The van der Waals surface area contributed by atoms with E-state index in [9.17, 15) is 14.7 Å². The van der Waals surface area contributed by atoms with Crippen molar-refractivity contribution in [2.45, 2.75) is 33.2 Å². The molecule has 18 heavy (non-hydrogen) atoms. The van der Waals surface area contributed by atoms with E-state index in [0.29, 0.717) is 5.69 Å². The highest BCUT2D eigenvalue weighted by Gasteiger charge is 2.44. The quantitative estimate of drug-likeness (QED) is 0.787. The number of carboxylic acids is 1. The third-order valence-electron chi connectivity index (χ3n) is 3.30. The van der Waals surface area contributed by atoms with E-state index < -0.39 is 23.0 Å². The molecule has 5 nitrogen and oxygen atoms in total. The average Bonchev–Trinajstić information content (AvgIpc) is 2.68. The van der Waals surface area contributed by atoms with Crippen molar-refractivity contribution in [2.24, 2.45) is 5.41 Å². The molecule has 1 heterocycles. The van der Waals surface area contributed by atoms with Gasteiger partial charge >= 0.3 is 12.0 Å². The number of carbonyl (C=O) groups excluding carboxylic acids is 1. The van der Waals surface area contributed by atoms with Crippen molar-refractivity contribution in [3.05, 3.63) is 16.8 Å². The van der Waals surface area contributed by atoms with Crippen LogP contribution in [-0.2, 0) is 4.79 Å². The van der Waals surface area contributed by atoms with Crippen LogP contribution in [0.4, 0.5) is 10.5 Å². The number of amides is 2. The lowest BCUT2D eigenvalue weighted by Gasteiger charge is -2.38. The predicted octanol–water partition coefficient (Wildman–Crippen LogP) is 2.76. The van der Waals surface area contributed by atoms with Crippen molar-refractivity contribution < 1.29 is 14.7 Å². The van der Waals surface area contributed by atoms with Gasteiger partial charge in [-0.15, -0.1) is 0 Å². The minimum atomic E-state index is -1.07. The van der Waals surface area contributed by atoms with E-state index in [1.165, 1.54) is 11.3 Å². The van der Waals surface area contributed by atoms with E-state index in [2.05, 4.69) is 10.6 Å². The van der Waals surface area contributed by atoms with Crippen LogP contribution in [-0.4, -0.2) is 22.6 Å². The summed E-state index contributed by atoms with van der Waals surface area (Å²) in [5, 5.41) is 18.2. The van der Waals surface area contributed by atoms with E-state index in [0.717, 1.165) is 0 Å². The second-order valence-corrected chi connectivity index (χ2v) is 5.93. The van der Waals surface area contributed by atoms with Gasteiger partial charge in [-0.3, -0.25) is 4.79 Å². The summed E-state index contributed by atoms with van der Waals surface area (Å²) in [6.45, 7) is 6.54. The molecule has 0 bridgehead atoms. The maximum atomic E-state index is 11.8. The monoisotopic (exact) mass is 270 g/mol. The molecule has 0 unspecified atom stereocenters. The number of rotatable bonds is 4. The Morgan fingerprint density at radius 2 is 1.89 bits per heavy atom. The first-order valence-corrected chi connectivity index (χ1v) is 6.46. The second kappa shape index (κ2) is 4.97. The minimum absolute atomic E-state index is 0.410. The Kier molecular flexibility index (Phi) is 4.01. The molecule has 0 saturated carbocycles. The second-order valence-electron chi connectivity index (χ2n) is 5.15. The molecule has 0 saturated heterocycles. The number of aliphatic carboxylic acids is 1. The molecule has 0 spiro atoms. The Morgan fingerprint density at radius 3 is 2.33 bits per heavy atom. The third-order valence-corrected chi connectivity index (χ3v) is 3.99. The number of hydrogen-bond acceptors (Lipinski definition) is 3. The van der Waals surface area contributed by atoms with Crippen LogP contribution < -0.4 is 10.6 Å². The van der Waals surface area contributed by atoms with Gasteiger partial charge in [-0.05, 0) is 39.1 Å². The minimum Gasteiger partial charge on any atom is -0.481 e. The molecule has 1 aromatic rings. The molecule has 100 valence electrons. The van der Waals surface area contributed by atoms with E-state index in [-0.39, 0.29) is 0 Å². The molecule has 0 aliphatic heterocycles. The van der Waals surface area contributed by atoms with Crippen LogP contribution in [0.25, 0.3) is 0 Å². The molecule has 0 fully saturated rings. The number of hydrogen-bond donors (Lipinski definition) is 3. The summed E-state index contributed by atoms with van der Waals surface area (Å²) < 4.78 is 0. The Morgan fingerprint density at radius 1 is 1.28 bits per heavy atom. The molecule has 0 aliphatic rings. The Labute approximate surface area is 110 Å². The van der Waals surface area contributed by atoms with Crippen LogP contribution in [0, 0.1) is 5.41 Å². The summed E-state index contributed by atoms with van der Waals surface area (Å²) in [5.74, 6) is -0.955. The zero-order valence-electron chi connectivity index (χ0n) is 10.9. The molecule has 0 aliphatic carbocycles. The molecule has 1 aromatic heterocycles. The molecule has 6 heteroatoms. The zero-order chi connectivity index (χ0) is 14.0. The summed E-state index contributed by atoms with van der Waals surface area (Å²) >= 11 is 1.47. The number of carboxylic acid groups (broad SMARTS) is 1. The normalized spacial score (nSPS) is 12.0. The average molecular weight is 270 g/mol. The van der Waals surface area contributed by atoms with E-state index in [4.69, 9.17) is 0 Å². The Bertz CT molecular complexity index is 438. The van der Waals surface area contributed by atoms with Crippen LogP contribution in [0.15, 0.2) is 16.8 Å². The third kappa shape index (κ3) is 3.01. The fourth-order valence-electron chi connectivity index (χ4n) is 1.21. The lowest BCUT2D eigenvalue weighted by atomic mass is 9.74. The van der Waals surface area contributed by atoms with Gasteiger partial charge in [-0.25, -0.2) is 4.79 Å². The van der Waals surface area contributed by atoms with Gasteiger partial charge < -0.3 is 15.7 Å². The van der Waals surface area contributed by atoms with Crippen molar-refractivity contribution in [1.29, 1.82) is 0 Å². The number of thiophene rings is 1. The first kappa shape index (κ1) is 14.5. The van der Waals surface area contributed by atoms with Gasteiger partial charge in [-0.2, -0.15) is 11.3 Å². The summed E-state index contributed by atoms with van der Waals surface area (Å²) in [6.07, 6.45) is 0. The van der Waals surface area contributed by atoms with Crippen LogP contribution in [0.1, 0.15) is 27.7 Å². The molecular formula is C12H18N2O3S. The van der Waals surface area contributed by atoms with E-state index >= 15 is 0 Å². The number of urea groups is 1. The SMILES string of the molecule is CC(C)(NC(=O)Nc1ccsc1)C(C)(C)C(=O)O. The maximum Gasteiger partial charge on any atom is 0.319 e. The van der Waals surface area contributed by atoms with Crippen molar-refractivity contribution in [3.8, 4) is 0 Å². The Balaban J connectivity index is 2.71. The number of carbonyl (C=O) groups is 2. The molecule has 3 N–H and O–H groups in total. The molecule has 0 aromatic carbocycles. The topological polar surface area (TPSA) is 78.4 Å². The van der Waals surface area contributed by atoms with E-state index in [1.54, 1.807) is 39.1 Å². The highest BCUT2D eigenvalue weighted by molar-refractivity contribution is 7.08. The fourth-order valence-corrected chi connectivity index (χ4v) is 1.79. The smallest absolute Gasteiger partial charge is 0.319 e. The number of anilines is 1. The van der Waals surface area contributed by atoms with Crippen molar-refractivity contribution in [2.75, 3.05) is 5.32 Å². The van der Waals surface area contributed by atoms with Crippen LogP contribution in [0.3, 0.4) is 0 Å². The van der Waals surface area contributed by atoms with Crippen molar-refractivity contribution in [1.82, 2.24) is 5.32 Å². The highest BCUT2D eigenvalue weighted by atomic mass is 32.1. The first-order chi connectivity index (χ1) is 8.17. The van der Waals surface area contributed by atoms with Crippen LogP contribution in [0.5, 0.6) is 0 Å². The van der Waals surface area contributed by atoms with E-state index in [1.807, 2.05) is 5.38 Å². The van der Waals surface area contributed by atoms with Gasteiger partial charge in [0.2, 0.25) is 0 Å². The van der Waals surface area contributed by atoms with Crippen LogP contribution >= 0.6 is 11.3 Å². The molecule has 0 atom stereocenters. The molecule has 1 rings (SSSR count). The molecule has 2 amide bonds. The molecular weight excluding hydrogens is 252 g/mol. The lowest BCUT2D eigenvalue weighted by molar-refractivity contribution is -0.150. The summed E-state index contributed by atoms with van der Waals surface area (Å²) in [4.78, 5) is 23.0. The van der Waals surface area contributed by atoms with Gasteiger partial charge in [-0.1, -0.05) is 0 Å². The fraction of sp³-hybridized carbons (Fsp3) is 0.500. The highest BCUT2D eigenvalue weighted by Crippen LogP contribution is 2.30. The Hall–Kier alpha value is -1.56.